The summed E-state index contributed by atoms with van der Waals surface area (Å²) in [6, 6.07) is 0.296. The Balaban J connectivity index is 1.28. The topological polar surface area (TPSA) is 57.2 Å². The van der Waals surface area contributed by atoms with Crippen LogP contribution in [-0.2, 0) is 4.74 Å². The van der Waals surface area contributed by atoms with Crippen LogP contribution in [0.5, 0.6) is 0 Å². The summed E-state index contributed by atoms with van der Waals surface area (Å²) in [7, 11) is 0. The monoisotopic (exact) mass is 334 g/mol. The molecule has 0 aromatic rings. The molecule has 0 bridgehead atoms. The SMILES string of the molecule is CC(C)(C)OC(=O)N1CCN2C(NCC3(C4CC4)CC3)=NCC2C1. The van der Waals surface area contributed by atoms with Crippen molar-refractivity contribution in [2.45, 2.75) is 58.1 Å². The van der Waals surface area contributed by atoms with Crippen molar-refractivity contribution in [2.24, 2.45) is 16.3 Å². The Hall–Kier alpha value is -1.46. The molecule has 2 aliphatic carbocycles. The molecule has 3 fully saturated rings. The lowest BCUT2D eigenvalue weighted by molar-refractivity contribution is 0.0137. The quantitative estimate of drug-likeness (QED) is 0.858. The van der Waals surface area contributed by atoms with Crippen LogP contribution in [0.1, 0.15) is 46.5 Å². The van der Waals surface area contributed by atoms with E-state index in [9.17, 15) is 4.79 Å². The maximum Gasteiger partial charge on any atom is 0.410 e. The molecule has 1 amide bonds. The summed E-state index contributed by atoms with van der Waals surface area (Å²) in [6.45, 7) is 9.84. The van der Waals surface area contributed by atoms with Crippen molar-refractivity contribution in [3.63, 3.8) is 0 Å². The minimum atomic E-state index is -0.436. The minimum Gasteiger partial charge on any atom is -0.444 e. The van der Waals surface area contributed by atoms with E-state index >= 15 is 0 Å². The Morgan fingerprint density at radius 2 is 2.08 bits per heavy atom. The van der Waals surface area contributed by atoms with Crippen LogP contribution in [-0.4, -0.2) is 66.2 Å². The number of carbonyl (C=O) groups is 1. The summed E-state index contributed by atoms with van der Waals surface area (Å²) in [5.74, 6) is 2.02. The van der Waals surface area contributed by atoms with Crippen LogP contribution in [0.25, 0.3) is 0 Å². The number of hydrogen-bond acceptors (Lipinski definition) is 5. The molecule has 2 heterocycles. The smallest absolute Gasteiger partial charge is 0.410 e. The lowest BCUT2D eigenvalue weighted by Crippen LogP contribution is -2.57. The van der Waals surface area contributed by atoms with Crippen LogP contribution < -0.4 is 5.32 Å². The summed E-state index contributed by atoms with van der Waals surface area (Å²) >= 11 is 0. The Morgan fingerprint density at radius 1 is 1.33 bits per heavy atom. The van der Waals surface area contributed by atoms with Crippen LogP contribution in [0.15, 0.2) is 4.99 Å². The van der Waals surface area contributed by atoms with Gasteiger partial charge in [-0.15, -0.1) is 0 Å². The summed E-state index contributed by atoms with van der Waals surface area (Å²) < 4.78 is 5.50. The first-order chi connectivity index (χ1) is 11.4. The normalized spacial score (nSPS) is 28.3. The van der Waals surface area contributed by atoms with Gasteiger partial charge in [0, 0.05) is 26.2 Å². The lowest BCUT2D eigenvalue weighted by atomic mass is 10.0. The summed E-state index contributed by atoms with van der Waals surface area (Å²) in [5, 5.41) is 3.63. The number of hydrogen-bond donors (Lipinski definition) is 1. The third-order valence-corrected chi connectivity index (χ3v) is 5.79. The van der Waals surface area contributed by atoms with Gasteiger partial charge in [0.1, 0.15) is 5.60 Å². The number of fused-ring (bicyclic) bond motifs is 1. The molecule has 2 aliphatic heterocycles. The van der Waals surface area contributed by atoms with Crippen molar-refractivity contribution in [1.29, 1.82) is 0 Å². The summed E-state index contributed by atoms with van der Waals surface area (Å²) in [5.41, 5.74) is 0.146. The molecular formula is C18H30N4O2. The van der Waals surface area contributed by atoms with Crippen molar-refractivity contribution in [2.75, 3.05) is 32.7 Å². The van der Waals surface area contributed by atoms with E-state index in [4.69, 9.17) is 9.73 Å². The number of amides is 1. The van der Waals surface area contributed by atoms with Crippen molar-refractivity contribution < 1.29 is 9.53 Å². The average Bonchev–Trinajstić information content (AvgIpc) is 3.40. The highest BCUT2D eigenvalue weighted by molar-refractivity contribution is 5.82. The van der Waals surface area contributed by atoms with Gasteiger partial charge in [-0.05, 0) is 57.8 Å². The number of ether oxygens (including phenoxy) is 1. The summed E-state index contributed by atoms with van der Waals surface area (Å²) in [6.07, 6.45) is 5.41. The Labute approximate surface area is 144 Å². The molecule has 24 heavy (non-hydrogen) atoms. The summed E-state index contributed by atoms with van der Waals surface area (Å²) in [4.78, 5) is 21.2. The average molecular weight is 334 g/mol. The second kappa shape index (κ2) is 5.53. The predicted molar refractivity (Wildman–Crippen MR) is 93.0 cm³/mol. The van der Waals surface area contributed by atoms with E-state index in [0.717, 1.165) is 31.5 Å². The van der Waals surface area contributed by atoms with Gasteiger partial charge in [-0.25, -0.2) is 4.79 Å². The van der Waals surface area contributed by atoms with E-state index in [1.807, 2.05) is 25.7 Å². The van der Waals surface area contributed by atoms with E-state index in [0.29, 0.717) is 24.5 Å². The van der Waals surface area contributed by atoms with Gasteiger partial charge in [-0.3, -0.25) is 4.99 Å². The third-order valence-electron chi connectivity index (χ3n) is 5.79. The molecule has 1 saturated heterocycles. The first-order valence-electron chi connectivity index (χ1n) is 9.39. The molecule has 0 aromatic heterocycles. The number of nitrogens with zero attached hydrogens (tertiary/aromatic N) is 3. The van der Waals surface area contributed by atoms with E-state index in [1.165, 1.54) is 25.7 Å². The van der Waals surface area contributed by atoms with Gasteiger partial charge >= 0.3 is 6.09 Å². The Morgan fingerprint density at radius 3 is 2.71 bits per heavy atom. The van der Waals surface area contributed by atoms with Gasteiger partial charge in [0.2, 0.25) is 0 Å². The first-order valence-corrected chi connectivity index (χ1v) is 9.39. The molecule has 134 valence electrons. The van der Waals surface area contributed by atoms with Gasteiger partial charge in [0.15, 0.2) is 5.96 Å². The molecule has 1 N–H and O–H groups in total. The molecule has 6 heteroatoms. The van der Waals surface area contributed by atoms with Crippen molar-refractivity contribution in [1.82, 2.24) is 15.1 Å². The van der Waals surface area contributed by atoms with Crippen molar-refractivity contribution in [3.05, 3.63) is 0 Å². The number of nitrogens with one attached hydrogen (secondary N) is 1. The van der Waals surface area contributed by atoms with Gasteiger partial charge in [0.05, 0.1) is 12.6 Å². The molecular weight excluding hydrogens is 304 g/mol. The number of piperazine rings is 1. The maximum absolute atomic E-state index is 12.3. The number of aliphatic imine (C=N–C) groups is 1. The molecule has 2 saturated carbocycles. The first kappa shape index (κ1) is 16.0. The molecule has 6 nitrogen and oxygen atoms in total. The molecule has 0 spiro atoms. The second-order valence-electron chi connectivity index (χ2n) is 8.93. The predicted octanol–water partition coefficient (Wildman–Crippen LogP) is 2.06. The van der Waals surface area contributed by atoms with Crippen LogP contribution in [0.4, 0.5) is 4.79 Å². The van der Waals surface area contributed by atoms with Crippen LogP contribution in [0.3, 0.4) is 0 Å². The molecule has 0 aromatic carbocycles. The maximum atomic E-state index is 12.3. The van der Waals surface area contributed by atoms with E-state index in [1.54, 1.807) is 0 Å². The molecule has 4 rings (SSSR count). The van der Waals surface area contributed by atoms with Gasteiger partial charge < -0.3 is 19.9 Å². The van der Waals surface area contributed by atoms with E-state index in [-0.39, 0.29) is 6.09 Å². The Kier molecular flexibility index (Phi) is 3.69. The Bertz CT molecular complexity index is 546. The van der Waals surface area contributed by atoms with Crippen LogP contribution in [0, 0.1) is 11.3 Å². The highest BCUT2D eigenvalue weighted by atomic mass is 16.6. The fourth-order valence-electron chi connectivity index (χ4n) is 4.06. The van der Waals surface area contributed by atoms with Crippen LogP contribution in [0.2, 0.25) is 0 Å². The molecule has 1 atom stereocenters. The standard InChI is InChI=1S/C18H30N4O2/c1-17(2,3)24-16(23)21-8-9-22-14(11-21)10-19-15(22)20-12-18(6-7-18)13-4-5-13/h13-14H,4-12H2,1-3H3,(H,19,20). The highest BCUT2D eigenvalue weighted by Crippen LogP contribution is 2.60. The number of carbonyl (C=O) groups excluding carboxylic acids is 1. The van der Waals surface area contributed by atoms with E-state index in [2.05, 4.69) is 10.2 Å². The molecule has 4 aliphatic rings. The van der Waals surface area contributed by atoms with Gasteiger partial charge in [-0.2, -0.15) is 0 Å². The zero-order valence-electron chi connectivity index (χ0n) is 15.2. The number of guanidine groups is 1. The molecule has 1 unspecified atom stereocenters. The van der Waals surface area contributed by atoms with Gasteiger partial charge in [0.25, 0.3) is 0 Å². The second-order valence-corrected chi connectivity index (χ2v) is 8.93. The third kappa shape index (κ3) is 3.20. The fourth-order valence-corrected chi connectivity index (χ4v) is 4.06. The van der Waals surface area contributed by atoms with Crippen molar-refractivity contribution in [3.8, 4) is 0 Å². The minimum absolute atomic E-state index is 0.200. The number of rotatable bonds is 3. The van der Waals surface area contributed by atoms with Crippen LogP contribution >= 0.6 is 0 Å². The van der Waals surface area contributed by atoms with Gasteiger partial charge in [-0.1, -0.05) is 0 Å². The van der Waals surface area contributed by atoms with Crippen molar-refractivity contribution >= 4 is 12.1 Å². The zero-order chi connectivity index (χ0) is 16.9. The molecule has 0 radical (unpaired) electrons. The highest BCUT2D eigenvalue weighted by Gasteiger charge is 2.53. The zero-order valence-corrected chi connectivity index (χ0v) is 15.2. The fraction of sp³-hybridized carbons (Fsp3) is 0.889. The van der Waals surface area contributed by atoms with E-state index < -0.39 is 5.60 Å². The largest absolute Gasteiger partial charge is 0.444 e. The lowest BCUT2D eigenvalue weighted by Gasteiger charge is -2.39.